The summed E-state index contributed by atoms with van der Waals surface area (Å²) in [7, 11) is 0. The summed E-state index contributed by atoms with van der Waals surface area (Å²) in [5.74, 6) is 0.691. The van der Waals surface area contributed by atoms with Gasteiger partial charge in [0.05, 0.1) is 16.3 Å². The fourth-order valence-electron chi connectivity index (χ4n) is 1.58. The summed E-state index contributed by atoms with van der Waals surface area (Å²) < 4.78 is 2.24. The molecule has 0 amide bonds. The summed E-state index contributed by atoms with van der Waals surface area (Å²) in [6.07, 6.45) is 0.783. The van der Waals surface area contributed by atoms with Gasteiger partial charge in [-0.3, -0.25) is 0 Å². The van der Waals surface area contributed by atoms with E-state index in [4.69, 9.17) is 0 Å². The van der Waals surface area contributed by atoms with Crippen molar-refractivity contribution < 1.29 is 5.11 Å². The minimum absolute atomic E-state index is 0.312. The van der Waals surface area contributed by atoms with Crippen LogP contribution in [0.3, 0.4) is 0 Å². The Bertz CT molecular complexity index is 454. The average Bonchev–Trinajstić information content (AvgIpc) is 2.79. The van der Waals surface area contributed by atoms with E-state index in [0.717, 1.165) is 22.8 Å². The van der Waals surface area contributed by atoms with E-state index in [0.29, 0.717) is 12.3 Å². The fraction of sp³-hybridized carbons (Fsp3) is 0.462. The first-order valence-electron chi connectivity index (χ1n) is 6.16. The maximum absolute atomic E-state index is 9.81. The number of aromatic nitrogens is 1. The number of nitrogens with zero attached hydrogens (tertiary/aromatic N) is 1. The summed E-state index contributed by atoms with van der Waals surface area (Å²) in [4.78, 5) is 4.53. The number of hydrogen-bond acceptors (Lipinski definition) is 5. The molecule has 1 unspecified atom stereocenters. The minimum Gasteiger partial charge on any atom is -0.391 e. The van der Waals surface area contributed by atoms with E-state index in [1.165, 1.54) is 4.70 Å². The molecule has 0 radical (unpaired) electrons. The van der Waals surface area contributed by atoms with E-state index in [9.17, 15) is 5.11 Å². The van der Waals surface area contributed by atoms with E-state index < -0.39 is 0 Å². The number of para-hydroxylation sites is 1. The third-order valence-electron chi connectivity index (χ3n) is 2.48. The molecule has 0 spiro atoms. The first-order chi connectivity index (χ1) is 8.79. The van der Waals surface area contributed by atoms with Crippen molar-refractivity contribution >= 4 is 33.3 Å². The maximum Gasteiger partial charge on any atom is 0.151 e. The van der Waals surface area contributed by atoms with E-state index in [-0.39, 0.29) is 6.10 Å². The Balaban J connectivity index is 1.82. The second-order valence-corrected chi connectivity index (χ2v) is 6.41. The molecule has 1 atom stereocenters. The quantitative estimate of drug-likeness (QED) is 0.605. The topological polar surface area (TPSA) is 45.1 Å². The Labute approximate surface area is 116 Å². The van der Waals surface area contributed by atoms with Gasteiger partial charge in [-0.1, -0.05) is 30.8 Å². The maximum atomic E-state index is 9.81. The van der Waals surface area contributed by atoms with Crippen LogP contribution in [0.25, 0.3) is 10.2 Å². The van der Waals surface area contributed by atoms with Crippen molar-refractivity contribution in [2.75, 3.05) is 18.8 Å². The molecular weight excluding hydrogens is 264 g/mol. The Morgan fingerprint density at radius 1 is 1.44 bits per heavy atom. The normalized spacial score (nSPS) is 13.0. The van der Waals surface area contributed by atoms with E-state index in [2.05, 4.69) is 23.3 Å². The lowest BCUT2D eigenvalue weighted by atomic mass is 10.3. The van der Waals surface area contributed by atoms with Gasteiger partial charge >= 0.3 is 0 Å². The lowest BCUT2D eigenvalue weighted by molar-refractivity contribution is 0.196. The number of thiazole rings is 1. The predicted octanol–water partition coefficient (Wildman–Crippen LogP) is 2.75. The lowest BCUT2D eigenvalue weighted by Crippen LogP contribution is -2.28. The molecule has 1 aromatic heterocycles. The predicted molar refractivity (Wildman–Crippen MR) is 79.5 cm³/mol. The lowest BCUT2D eigenvalue weighted by Gasteiger charge is -2.09. The summed E-state index contributed by atoms with van der Waals surface area (Å²) in [5, 5.41) is 13.0. The molecule has 1 aromatic carbocycles. The van der Waals surface area contributed by atoms with Crippen molar-refractivity contribution in [3.63, 3.8) is 0 Å². The zero-order valence-electron chi connectivity index (χ0n) is 10.4. The van der Waals surface area contributed by atoms with Gasteiger partial charge in [0.15, 0.2) is 4.34 Å². The molecule has 98 valence electrons. The van der Waals surface area contributed by atoms with Crippen LogP contribution in [0.2, 0.25) is 0 Å². The standard InChI is InChI=1S/C13H18N2OS2/c1-2-7-14-8-10(16)9-17-13-15-11-5-3-4-6-12(11)18-13/h3-6,10,14,16H,2,7-9H2,1H3. The fourth-order valence-corrected chi connectivity index (χ4v) is 3.61. The van der Waals surface area contributed by atoms with Crippen molar-refractivity contribution in [1.29, 1.82) is 0 Å². The zero-order valence-corrected chi connectivity index (χ0v) is 12.1. The van der Waals surface area contributed by atoms with Gasteiger partial charge in [-0.15, -0.1) is 11.3 Å². The first-order valence-corrected chi connectivity index (χ1v) is 7.97. The molecular formula is C13H18N2OS2. The van der Waals surface area contributed by atoms with Gasteiger partial charge in [-0.25, -0.2) is 4.98 Å². The Hall–Kier alpha value is -0.620. The molecule has 0 aliphatic rings. The Morgan fingerprint density at radius 3 is 3.06 bits per heavy atom. The van der Waals surface area contributed by atoms with Crippen LogP contribution in [0.5, 0.6) is 0 Å². The second-order valence-electron chi connectivity index (χ2n) is 4.12. The van der Waals surface area contributed by atoms with Crippen molar-refractivity contribution in [1.82, 2.24) is 10.3 Å². The number of aliphatic hydroxyl groups is 1. The van der Waals surface area contributed by atoms with Crippen molar-refractivity contribution in [3.05, 3.63) is 24.3 Å². The van der Waals surface area contributed by atoms with Crippen LogP contribution in [-0.4, -0.2) is 35.0 Å². The average molecular weight is 282 g/mol. The smallest absolute Gasteiger partial charge is 0.151 e. The Kier molecular flexibility index (Phi) is 5.44. The number of rotatable bonds is 7. The van der Waals surface area contributed by atoms with Gasteiger partial charge in [0.25, 0.3) is 0 Å². The van der Waals surface area contributed by atoms with Gasteiger partial charge in [0.1, 0.15) is 0 Å². The van der Waals surface area contributed by atoms with Crippen LogP contribution < -0.4 is 5.32 Å². The molecule has 18 heavy (non-hydrogen) atoms. The highest BCUT2D eigenvalue weighted by Gasteiger charge is 2.08. The number of aliphatic hydroxyl groups excluding tert-OH is 1. The summed E-state index contributed by atoms with van der Waals surface area (Å²) >= 11 is 3.32. The SMILES string of the molecule is CCCNCC(O)CSc1nc2ccccc2s1. The molecule has 0 fully saturated rings. The highest BCUT2D eigenvalue weighted by atomic mass is 32.2. The van der Waals surface area contributed by atoms with Crippen LogP contribution in [0.1, 0.15) is 13.3 Å². The molecule has 3 nitrogen and oxygen atoms in total. The van der Waals surface area contributed by atoms with Crippen LogP contribution in [0, 0.1) is 0 Å². The highest BCUT2D eigenvalue weighted by molar-refractivity contribution is 8.01. The highest BCUT2D eigenvalue weighted by Crippen LogP contribution is 2.29. The van der Waals surface area contributed by atoms with Gasteiger partial charge in [-0.2, -0.15) is 0 Å². The van der Waals surface area contributed by atoms with Gasteiger partial charge in [0, 0.05) is 12.3 Å². The molecule has 2 rings (SSSR count). The summed E-state index contributed by atoms with van der Waals surface area (Å²) in [6.45, 7) is 3.74. The first kappa shape index (κ1) is 13.8. The van der Waals surface area contributed by atoms with Gasteiger partial charge in [0.2, 0.25) is 0 Å². The van der Waals surface area contributed by atoms with Gasteiger partial charge < -0.3 is 10.4 Å². The Morgan fingerprint density at radius 2 is 2.28 bits per heavy atom. The van der Waals surface area contributed by atoms with Crippen LogP contribution in [0.15, 0.2) is 28.6 Å². The van der Waals surface area contributed by atoms with E-state index in [1.54, 1.807) is 23.1 Å². The minimum atomic E-state index is -0.312. The number of thioether (sulfide) groups is 1. The van der Waals surface area contributed by atoms with Crippen LogP contribution in [-0.2, 0) is 0 Å². The zero-order chi connectivity index (χ0) is 12.8. The van der Waals surface area contributed by atoms with Crippen molar-refractivity contribution in [2.24, 2.45) is 0 Å². The van der Waals surface area contributed by atoms with Crippen molar-refractivity contribution in [3.8, 4) is 0 Å². The molecule has 5 heteroatoms. The monoisotopic (exact) mass is 282 g/mol. The molecule has 0 saturated carbocycles. The number of fused-ring (bicyclic) bond motifs is 1. The second kappa shape index (κ2) is 7.09. The number of nitrogens with one attached hydrogen (secondary N) is 1. The van der Waals surface area contributed by atoms with Crippen molar-refractivity contribution in [2.45, 2.75) is 23.8 Å². The molecule has 0 saturated heterocycles. The van der Waals surface area contributed by atoms with Crippen LogP contribution in [0.4, 0.5) is 0 Å². The molecule has 1 heterocycles. The van der Waals surface area contributed by atoms with Gasteiger partial charge in [-0.05, 0) is 25.1 Å². The van der Waals surface area contributed by atoms with E-state index in [1.807, 2.05) is 18.2 Å². The summed E-state index contributed by atoms with van der Waals surface area (Å²) in [5.41, 5.74) is 1.04. The molecule has 2 N–H and O–H groups in total. The van der Waals surface area contributed by atoms with Crippen LogP contribution >= 0.6 is 23.1 Å². The number of hydrogen-bond donors (Lipinski definition) is 2. The molecule has 2 aromatic rings. The summed E-state index contributed by atoms with van der Waals surface area (Å²) in [6, 6.07) is 8.13. The number of benzene rings is 1. The molecule has 0 aliphatic heterocycles. The largest absolute Gasteiger partial charge is 0.391 e. The third kappa shape index (κ3) is 3.95. The third-order valence-corrected chi connectivity index (χ3v) is 4.80. The van der Waals surface area contributed by atoms with E-state index >= 15 is 0 Å². The molecule has 0 bridgehead atoms. The molecule has 0 aliphatic carbocycles.